The fraction of sp³-hybridized carbons (Fsp3) is 0. The molecular formula is C8H7N2. The lowest BCUT2D eigenvalue weighted by Gasteiger charge is -1.90. The minimum absolute atomic E-state index is 0.995. The summed E-state index contributed by atoms with van der Waals surface area (Å²) in [6.45, 7) is 3.85. The SMILES string of the molecule is [CH2]c1cccc2cn[nH]c12. The number of H-pyrrole nitrogens is 1. The molecule has 49 valence electrons. The zero-order chi connectivity index (χ0) is 6.97. The number of nitrogens with one attached hydrogen (secondary N) is 1. The van der Waals surface area contributed by atoms with Crippen molar-refractivity contribution in [3.05, 3.63) is 36.9 Å². The third kappa shape index (κ3) is 0.620. The fourth-order valence-electron chi connectivity index (χ4n) is 1.03. The van der Waals surface area contributed by atoms with Gasteiger partial charge in [-0.2, -0.15) is 5.10 Å². The molecule has 2 aromatic rings. The third-order valence-corrected chi connectivity index (χ3v) is 1.56. The first-order valence-electron chi connectivity index (χ1n) is 3.12. The van der Waals surface area contributed by atoms with Gasteiger partial charge in [-0.15, -0.1) is 0 Å². The summed E-state index contributed by atoms with van der Waals surface area (Å²) in [5.41, 5.74) is 2.03. The van der Waals surface area contributed by atoms with Crippen molar-refractivity contribution < 1.29 is 0 Å². The Balaban J connectivity index is 2.95. The number of aromatic amines is 1. The van der Waals surface area contributed by atoms with Crippen LogP contribution in [0, 0.1) is 6.92 Å². The van der Waals surface area contributed by atoms with E-state index in [1.165, 1.54) is 0 Å². The number of nitrogens with zero attached hydrogens (tertiary/aromatic N) is 1. The maximum absolute atomic E-state index is 3.90. The molecule has 0 bridgehead atoms. The van der Waals surface area contributed by atoms with E-state index in [1.807, 2.05) is 18.2 Å². The fourth-order valence-corrected chi connectivity index (χ4v) is 1.03. The van der Waals surface area contributed by atoms with Crippen LogP contribution in [-0.2, 0) is 0 Å². The van der Waals surface area contributed by atoms with Gasteiger partial charge in [0, 0.05) is 5.39 Å². The van der Waals surface area contributed by atoms with E-state index in [-0.39, 0.29) is 0 Å². The average molecular weight is 131 g/mol. The highest BCUT2D eigenvalue weighted by atomic mass is 15.1. The minimum Gasteiger partial charge on any atom is -0.278 e. The van der Waals surface area contributed by atoms with Gasteiger partial charge in [0.2, 0.25) is 0 Å². The molecule has 0 unspecified atom stereocenters. The van der Waals surface area contributed by atoms with Crippen LogP contribution in [-0.4, -0.2) is 10.2 Å². The lowest BCUT2D eigenvalue weighted by Crippen LogP contribution is -1.73. The molecule has 0 aliphatic carbocycles. The van der Waals surface area contributed by atoms with E-state index in [4.69, 9.17) is 0 Å². The monoisotopic (exact) mass is 131 g/mol. The van der Waals surface area contributed by atoms with Crippen molar-refractivity contribution in [3.8, 4) is 0 Å². The largest absolute Gasteiger partial charge is 0.278 e. The summed E-state index contributed by atoms with van der Waals surface area (Å²) in [5, 5.41) is 7.89. The maximum atomic E-state index is 3.90. The molecule has 1 heterocycles. The lowest BCUT2D eigenvalue weighted by molar-refractivity contribution is 1.12. The number of hydrogen-bond acceptors (Lipinski definition) is 1. The Morgan fingerprint density at radius 1 is 1.40 bits per heavy atom. The van der Waals surface area contributed by atoms with Gasteiger partial charge < -0.3 is 0 Å². The molecule has 0 saturated heterocycles. The molecule has 10 heavy (non-hydrogen) atoms. The number of benzene rings is 1. The molecule has 1 N–H and O–H groups in total. The maximum Gasteiger partial charge on any atom is 0.0682 e. The van der Waals surface area contributed by atoms with Crippen molar-refractivity contribution in [1.29, 1.82) is 0 Å². The Hall–Kier alpha value is -1.31. The van der Waals surface area contributed by atoms with Crippen LogP contribution in [0.25, 0.3) is 10.9 Å². The molecule has 0 spiro atoms. The van der Waals surface area contributed by atoms with E-state index in [2.05, 4.69) is 17.1 Å². The highest BCUT2D eigenvalue weighted by molar-refractivity contribution is 5.81. The number of rotatable bonds is 0. The van der Waals surface area contributed by atoms with E-state index in [0.29, 0.717) is 0 Å². The Bertz CT molecular complexity index is 349. The summed E-state index contributed by atoms with van der Waals surface area (Å²) in [6, 6.07) is 5.94. The first-order valence-corrected chi connectivity index (χ1v) is 3.12. The smallest absolute Gasteiger partial charge is 0.0682 e. The summed E-state index contributed by atoms with van der Waals surface area (Å²) in [7, 11) is 0. The topological polar surface area (TPSA) is 28.7 Å². The summed E-state index contributed by atoms with van der Waals surface area (Å²) >= 11 is 0. The zero-order valence-corrected chi connectivity index (χ0v) is 5.46. The molecule has 1 radical (unpaired) electrons. The normalized spacial score (nSPS) is 10.5. The first kappa shape index (κ1) is 5.47. The summed E-state index contributed by atoms with van der Waals surface area (Å²) in [6.07, 6.45) is 1.80. The molecule has 0 aliphatic heterocycles. The molecule has 0 atom stereocenters. The predicted octanol–water partition coefficient (Wildman–Crippen LogP) is 1.75. The Kier molecular flexibility index (Phi) is 1.01. The summed E-state index contributed by atoms with van der Waals surface area (Å²) < 4.78 is 0. The molecule has 0 saturated carbocycles. The van der Waals surface area contributed by atoms with E-state index in [0.717, 1.165) is 16.5 Å². The van der Waals surface area contributed by atoms with Crippen LogP contribution in [0.4, 0.5) is 0 Å². The summed E-state index contributed by atoms with van der Waals surface area (Å²) in [5.74, 6) is 0. The molecule has 0 amide bonds. The molecule has 1 aromatic heterocycles. The second-order valence-corrected chi connectivity index (χ2v) is 2.25. The Morgan fingerprint density at radius 2 is 2.30 bits per heavy atom. The Labute approximate surface area is 58.9 Å². The van der Waals surface area contributed by atoms with Crippen LogP contribution in [0.5, 0.6) is 0 Å². The van der Waals surface area contributed by atoms with Crippen LogP contribution in [0.2, 0.25) is 0 Å². The van der Waals surface area contributed by atoms with Crippen molar-refractivity contribution >= 4 is 10.9 Å². The van der Waals surface area contributed by atoms with Gasteiger partial charge in [-0.05, 0) is 12.5 Å². The van der Waals surface area contributed by atoms with E-state index in [9.17, 15) is 0 Å². The second kappa shape index (κ2) is 1.84. The van der Waals surface area contributed by atoms with E-state index < -0.39 is 0 Å². The summed E-state index contributed by atoms with van der Waals surface area (Å²) in [4.78, 5) is 0. The number of hydrogen-bond donors (Lipinski definition) is 1. The van der Waals surface area contributed by atoms with Crippen LogP contribution in [0.15, 0.2) is 24.4 Å². The lowest BCUT2D eigenvalue weighted by atomic mass is 10.2. The minimum atomic E-state index is 0.995. The number of aromatic nitrogens is 2. The van der Waals surface area contributed by atoms with Gasteiger partial charge in [0.15, 0.2) is 0 Å². The predicted molar refractivity (Wildman–Crippen MR) is 40.6 cm³/mol. The molecular weight excluding hydrogens is 124 g/mol. The Morgan fingerprint density at radius 3 is 3.10 bits per heavy atom. The van der Waals surface area contributed by atoms with Crippen molar-refractivity contribution in [2.75, 3.05) is 0 Å². The van der Waals surface area contributed by atoms with Crippen molar-refractivity contribution in [2.24, 2.45) is 0 Å². The van der Waals surface area contributed by atoms with Gasteiger partial charge in [-0.3, -0.25) is 5.10 Å². The van der Waals surface area contributed by atoms with Gasteiger partial charge in [0.1, 0.15) is 0 Å². The zero-order valence-electron chi connectivity index (χ0n) is 5.46. The van der Waals surface area contributed by atoms with Gasteiger partial charge in [0.25, 0.3) is 0 Å². The van der Waals surface area contributed by atoms with Crippen LogP contribution in [0.1, 0.15) is 5.56 Å². The van der Waals surface area contributed by atoms with E-state index in [1.54, 1.807) is 6.20 Å². The molecule has 0 fully saturated rings. The highest BCUT2D eigenvalue weighted by Gasteiger charge is 1.95. The molecule has 2 rings (SSSR count). The van der Waals surface area contributed by atoms with Crippen LogP contribution >= 0.6 is 0 Å². The number of para-hydroxylation sites is 1. The van der Waals surface area contributed by atoms with Gasteiger partial charge in [-0.25, -0.2) is 0 Å². The number of fused-ring (bicyclic) bond motifs is 1. The quantitative estimate of drug-likeness (QED) is 0.579. The average Bonchev–Trinajstić information content (AvgIpc) is 2.36. The van der Waals surface area contributed by atoms with Crippen LogP contribution < -0.4 is 0 Å². The third-order valence-electron chi connectivity index (χ3n) is 1.56. The standard InChI is InChI=1S/C8H7N2/c1-6-3-2-4-7-5-9-10-8(6)7/h2-5H,1H2,(H,9,10). The van der Waals surface area contributed by atoms with Gasteiger partial charge in [0.05, 0.1) is 11.7 Å². The molecule has 2 nitrogen and oxygen atoms in total. The second-order valence-electron chi connectivity index (χ2n) is 2.25. The van der Waals surface area contributed by atoms with Crippen molar-refractivity contribution in [1.82, 2.24) is 10.2 Å². The molecule has 1 aromatic carbocycles. The van der Waals surface area contributed by atoms with Crippen molar-refractivity contribution in [2.45, 2.75) is 0 Å². The molecule has 0 aliphatic rings. The van der Waals surface area contributed by atoms with Gasteiger partial charge in [-0.1, -0.05) is 18.2 Å². The first-order chi connectivity index (χ1) is 4.88. The highest BCUT2D eigenvalue weighted by Crippen LogP contribution is 2.13. The molecule has 2 heteroatoms. The van der Waals surface area contributed by atoms with E-state index >= 15 is 0 Å². The van der Waals surface area contributed by atoms with Crippen molar-refractivity contribution in [3.63, 3.8) is 0 Å². The van der Waals surface area contributed by atoms with Gasteiger partial charge >= 0.3 is 0 Å². The van der Waals surface area contributed by atoms with Crippen LogP contribution in [0.3, 0.4) is 0 Å².